The second-order valence-corrected chi connectivity index (χ2v) is 4.59. The monoisotopic (exact) mass is 242 g/mol. The van der Waals surface area contributed by atoms with Gasteiger partial charge in [0, 0.05) is 25.7 Å². The van der Waals surface area contributed by atoms with Crippen molar-refractivity contribution in [2.24, 2.45) is 0 Å². The Hall–Kier alpha value is -1.10. The van der Waals surface area contributed by atoms with Crippen LogP contribution >= 0.6 is 0 Å². The molecule has 1 N–H and O–H groups in total. The number of piperidine rings is 1. The van der Waals surface area contributed by atoms with Crippen LogP contribution in [0.25, 0.3) is 0 Å². The van der Waals surface area contributed by atoms with Crippen LogP contribution in [0.4, 0.5) is 0 Å². The van der Waals surface area contributed by atoms with Crippen LogP contribution in [-0.4, -0.2) is 49.1 Å². The number of carbonyl (C=O) groups is 2. The first-order chi connectivity index (χ1) is 8.07. The van der Waals surface area contributed by atoms with Crippen LogP contribution in [0.3, 0.4) is 0 Å². The van der Waals surface area contributed by atoms with Gasteiger partial charge < -0.3 is 15.0 Å². The number of ether oxygens (including phenoxy) is 1. The Morgan fingerprint density at radius 3 is 2.41 bits per heavy atom. The Labute approximate surface area is 102 Å². The number of amides is 2. The maximum Gasteiger partial charge on any atom is 0.312 e. The Morgan fingerprint density at radius 2 is 1.88 bits per heavy atom. The predicted octanol–water partition coefficient (Wildman–Crippen LogP) is 0.539. The lowest BCUT2D eigenvalue weighted by molar-refractivity contribution is -0.150. The van der Waals surface area contributed by atoms with Gasteiger partial charge in [0.25, 0.3) is 0 Å². The molecule has 98 valence electrons. The Kier molecular flexibility index (Phi) is 5.41. The molecule has 2 amide bonds. The van der Waals surface area contributed by atoms with Crippen LogP contribution in [0, 0.1) is 0 Å². The molecule has 1 heterocycles. The number of nitrogens with zero attached hydrogens (tertiary/aromatic N) is 1. The van der Waals surface area contributed by atoms with E-state index in [4.69, 9.17) is 4.74 Å². The molecule has 2 unspecified atom stereocenters. The first-order valence-electron chi connectivity index (χ1n) is 6.17. The molecule has 17 heavy (non-hydrogen) atoms. The molecule has 1 aliphatic heterocycles. The van der Waals surface area contributed by atoms with E-state index in [-0.39, 0.29) is 12.1 Å². The van der Waals surface area contributed by atoms with E-state index in [1.54, 1.807) is 12.0 Å². The SMILES string of the molecule is COCCNC(=O)C(=O)N1C(C)CCCC1C. The van der Waals surface area contributed by atoms with Gasteiger partial charge in [-0.3, -0.25) is 9.59 Å². The van der Waals surface area contributed by atoms with Crippen molar-refractivity contribution in [3.8, 4) is 0 Å². The fourth-order valence-corrected chi connectivity index (χ4v) is 2.28. The van der Waals surface area contributed by atoms with E-state index in [0.29, 0.717) is 13.2 Å². The molecular weight excluding hydrogens is 220 g/mol. The van der Waals surface area contributed by atoms with Gasteiger partial charge in [0.1, 0.15) is 0 Å². The molecule has 0 aliphatic carbocycles. The molecular formula is C12H22N2O3. The number of hydrogen-bond acceptors (Lipinski definition) is 3. The van der Waals surface area contributed by atoms with Gasteiger partial charge in [-0.05, 0) is 33.1 Å². The number of hydrogen-bond donors (Lipinski definition) is 1. The highest BCUT2D eigenvalue weighted by atomic mass is 16.5. The van der Waals surface area contributed by atoms with Crippen molar-refractivity contribution in [1.82, 2.24) is 10.2 Å². The molecule has 2 atom stereocenters. The molecule has 5 nitrogen and oxygen atoms in total. The van der Waals surface area contributed by atoms with E-state index >= 15 is 0 Å². The van der Waals surface area contributed by atoms with Gasteiger partial charge in [0.2, 0.25) is 0 Å². The van der Waals surface area contributed by atoms with Crippen molar-refractivity contribution in [3.05, 3.63) is 0 Å². The smallest absolute Gasteiger partial charge is 0.312 e. The number of methoxy groups -OCH3 is 1. The summed E-state index contributed by atoms with van der Waals surface area (Å²) in [6, 6.07) is 0.304. The third-order valence-electron chi connectivity index (χ3n) is 3.21. The molecule has 0 aromatic carbocycles. The van der Waals surface area contributed by atoms with Crippen LogP contribution in [0.1, 0.15) is 33.1 Å². The highest BCUT2D eigenvalue weighted by Gasteiger charge is 2.32. The Balaban J connectivity index is 2.51. The number of rotatable bonds is 3. The summed E-state index contributed by atoms with van der Waals surface area (Å²) in [5.41, 5.74) is 0. The summed E-state index contributed by atoms with van der Waals surface area (Å²) in [4.78, 5) is 25.3. The summed E-state index contributed by atoms with van der Waals surface area (Å²) < 4.78 is 4.82. The maximum atomic E-state index is 12.0. The standard InChI is InChI=1S/C12H22N2O3/c1-9-5-4-6-10(2)14(9)12(16)11(15)13-7-8-17-3/h9-10H,4-8H2,1-3H3,(H,13,15). The second kappa shape index (κ2) is 6.59. The third-order valence-corrected chi connectivity index (χ3v) is 3.21. The predicted molar refractivity (Wildman–Crippen MR) is 64.5 cm³/mol. The second-order valence-electron chi connectivity index (χ2n) is 4.59. The molecule has 0 spiro atoms. The minimum atomic E-state index is -0.525. The minimum absolute atomic E-state index is 0.152. The van der Waals surface area contributed by atoms with Crippen molar-refractivity contribution in [1.29, 1.82) is 0 Å². The Bertz CT molecular complexity index is 271. The summed E-state index contributed by atoms with van der Waals surface area (Å²) in [7, 11) is 1.56. The molecule has 0 aromatic rings. The third kappa shape index (κ3) is 3.70. The zero-order valence-corrected chi connectivity index (χ0v) is 10.9. The normalized spacial score (nSPS) is 24.5. The van der Waals surface area contributed by atoms with Gasteiger partial charge in [0.05, 0.1) is 6.61 Å². The molecule has 1 saturated heterocycles. The highest BCUT2D eigenvalue weighted by molar-refractivity contribution is 6.35. The quantitative estimate of drug-likeness (QED) is 0.580. The van der Waals surface area contributed by atoms with Crippen LogP contribution in [0.5, 0.6) is 0 Å². The highest BCUT2D eigenvalue weighted by Crippen LogP contribution is 2.22. The van der Waals surface area contributed by atoms with Crippen LogP contribution < -0.4 is 5.32 Å². The fraction of sp³-hybridized carbons (Fsp3) is 0.833. The van der Waals surface area contributed by atoms with Gasteiger partial charge in [-0.1, -0.05) is 0 Å². The average Bonchev–Trinajstić information content (AvgIpc) is 2.28. The van der Waals surface area contributed by atoms with Crippen molar-refractivity contribution in [2.45, 2.75) is 45.2 Å². The minimum Gasteiger partial charge on any atom is -0.383 e. The zero-order valence-electron chi connectivity index (χ0n) is 10.9. The largest absolute Gasteiger partial charge is 0.383 e. The lowest BCUT2D eigenvalue weighted by atomic mass is 9.97. The first-order valence-corrected chi connectivity index (χ1v) is 6.17. The van der Waals surface area contributed by atoms with E-state index in [1.165, 1.54) is 0 Å². The van der Waals surface area contributed by atoms with Gasteiger partial charge >= 0.3 is 11.8 Å². The summed E-state index contributed by atoms with van der Waals surface area (Å²) >= 11 is 0. The van der Waals surface area contributed by atoms with Gasteiger partial charge in [-0.25, -0.2) is 0 Å². The maximum absolute atomic E-state index is 12.0. The van der Waals surface area contributed by atoms with Crippen molar-refractivity contribution in [3.63, 3.8) is 0 Å². The summed E-state index contributed by atoms with van der Waals surface area (Å²) in [6.07, 6.45) is 3.07. The number of nitrogens with one attached hydrogen (secondary N) is 1. The van der Waals surface area contributed by atoms with E-state index in [1.807, 2.05) is 13.8 Å². The van der Waals surface area contributed by atoms with E-state index < -0.39 is 11.8 Å². The van der Waals surface area contributed by atoms with E-state index in [9.17, 15) is 9.59 Å². The molecule has 0 bridgehead atoms. The first kappa shape index (κ1) is 14.0. The van der Waals surface area contributed by atoms with Crippen molar-refractivity contribution < 1.29 is 14.3 Å². The zero-order chi connectivity index (χ0) is 12.8. The summed E-state index contributed by atoms with van der Waals surface area (Å²) in [5, 5.41) is 2.57. The average molecular weight is 242 g/mol. The molecule has 1 rings (SSSR count). The lowest BCUT2D eigenvalue weighted by Gasteiger charge is -2.38. The molecule has 1 fully saturated rings. The van der Waals surface area contributed by atoms with Crippen LogP contribution in [0.15, 0.2) is 0 Å². The van der Waals surface area contributed by atoms with Gasteiger partial charge in [-0.15, -0.1) is 0 Å². The molecule has 1 aliphatic rings. The Morgan fingerprint density at radius 1 is 1.29 bits per heavy atom. The molecule has 0 saturated carbocycles. The molecule has 0 radical (unpaired) electrons. The topological polar surface area (TPSA) is 58.6 Å². The number of likely N-dealkylation sites (tertiary alicyclic amines) is 1. The molecule has 0 aromatic heterocycles. The van der Waals surface area contributed by atoms with Crippen LogP contribution in [-0.2, 0) is 14.3 Å². The van der Waals surface area contributed by atoms with Crippen molar-refractivity contribution >= 4 is 11.8 Å². The van der Waals surface area contributed by atoms with Gasteiger partial charge in [-0.2, -0.15) is 0 Å². The van der Waals surface area contributed by atoms with Gasteiger partial charge in [0.15, 0.2) is 0 Å². The summed E-state index contributed by atoms with van der Waals surface area (Å²) in [6.45, 7) is 4.79. The summed E-state index contributed by atoms with van der Waals surface area (Å²) in [5.74, 6) is -0.941. The van der Waals surface area contributed by atoms with Crippen LogP contribution in [0.2, 0.25) is 0 Å². The van der Waals surface area contributed by atoms with E-state index in [0.717, 1.165) is 19.3 Å². The number of carbonyl (C=O) groups excluding carboxylic acids is 2. The fourth-order valence-electron chi connectivity index (χ4n) is 2.28. The lowest BCUT2D eigenvalue weighted by Crippen LogP contribution is -2.53. The van der Waals surface area contributed by atoms with E-state index in [2.05, 4.69) is 5.32 Å². The van der Waals surface area contributed by atoms with Crippen molar-refractivity contribution in [2.75, 3.05) is 20.3 Å². The molecule has 5 heteroatoms.